The van der Waals surface area contributed by atoms with Crippen LogP contribution in [0.2, 0.25) is 0 Å². The number of para-hydroxylation sites is 1. The third-order valence-electron chi connectivity index (χ3n) is 6.00. The number of ether oxygens (including phenoxy) is 1. The first-order valence-electron chi connectivity index (χ1n) is 11.0. The Morgan fingerprint density at radius 3 is 2.52 bits per heavy atom. The van der Waals surface area contributed by atoms with Gasteiger partial charge in [-0.3, -0.25) is 9.10 Å². The van der Waals surface area contributed by atoms with Crippen LogP contribution in [0.15, 0.2) is 77.7 Å². The molecule has 0 saturated carbocycles. The number of amides is 1. The highest BCUT2D eigenvalue weighted by molar-refractivity contribution is 7.92. The summed E-state index contributed by atoms with van der Waals surface area (Å²) in [5.41, 5.74) is 3.48. The number of carbonyl (C=O) groups is 1. The molecule has 1 amide bonds. The average molecular weight is 465 g/mol. The Kier molecular flexibility index (Phi) is 6.70. The van der Waals surface area contributed by atoms with E-state index in [9.17, 15) is 13.2 Å². The van der Waals surface area contributed by atoms with E-state index in [2.05, 4.69) is 5.32 Å². The zero-order valence-electron chi connectivity index (χ0n) is 18.8. The van der Waals surface area contributed by atoms with Gasteiger partial charge in [-0.1, -0.05) is 42.5 Å². The number of benzene rings is 3. The van der Waals surface area contributed by atoms with Gasteiger partial charge in [0.05, 0.1) is 23.7 Å². The molecule has 0 fully saturated rings. The van der Waals surface area contributed by atoms with Crippen molar-refractivity contribution >= 4 is 21.6 Å². The number of hydrogen-bond donors (Lipinski definition) is 1. The van der Waals surface area contributed by atoms with E-state index in [0.717, 1.165) is 41.7 Å². The van der Waals surface area contributed by atoms with E-state index in [1.165, 1.54) is 4.31 Å². The molecule has 0 heterocycles. The van der Waals surface area contributed by atoms with Crippen LogP contribution >= 0.6 is 0 Å². The first-order valence-corrected chi connectivity index (χ1v) is 12.4. The van der Waals surface area contributed by atoms with Crippen LogP contribution in [0, 0.1) is 6.92 Å². The van der Waals surface area contributed by atoms with E-state index < -0.39 is 10.0 Å². The smallest absolute Gasteiger partial charge is 0.264 e. The summed E-state index contributed by atoms with van der Waals surface area (Å²) in [6, 6.07) is 21.1. The molecule has 3 aromatic rings. The third kappa shape index (κ3) is 4.88. The Hall–Kier alpha value is -3.32. The predicted octanol–water partition coefficient (Wildman–Crippen LogP) is 4.39. The van der Waals surface area contributed by atoms with Crippen molar-refractivity contribution in [2.24, 2.45) is 0 Å². The minimum absolute atomic E-state index is 0.149. The van der Waals surface area contributed by atoms with E-state index >= 15 is 0 Å². The van der Waals surface area contributed by atoms with Crippen LogP contribution in [-0.2, 0) is 21.2 Å². The standard InChI is InChI=1S/C26H28N2O4S/c1-19-9-6-7-14-25(19)28(33(30,31)22-11-4-3-5-12-22)18-26(29)27-24-13-8-10-20-17-21(32-2)15-16-23(20)24/h3-7,9,11-12,14-17,24H,8,10,13,18H2,1-2H3,(H,27,29). The molecule has 1 aliphatic rings. The van der Waals surface area contributed by atoms with Crippen molar-refractivity contribution in [3.63, 3.8) is 0 Å². The monoisotopic (exact) mass is 464 g/mol. The molecule has 0 aliphatic heterocycles. The van der Waals surface area contributed by atoms with Crippen LogP contribution < -0.4 is 14.4 Å². The third-order valence-corrected chi connectivity index (χ3v) is 7.78. The molecule has 33 heavy (non-hydrogen) atoms. The molecule has 0 aromatic heterocycles. The van der Waals surface area contributed by atoms with Crippen LogP contribution in [0.25, 0.3) is 0 Å². The fraction of sp³-hybridized carbons (Fsp3) is 0.269. The van der Waals surface area contributed by atoms with Gasteiger partial charge in [-0.2, -0.15) is 0 Å². The lowest BCUT2D eigenvalue weighted by atomic mass is 9.87. The first kappa shape index (κ1) is 22.9. The van der Waals surface area contributed by atoms with E-state index in [-0.39, 0.29) is 23.4 Å². The van der Waals surface area contributed by atoms with E-state index in [1.54, 1.807) is 49.6 Å². The molecule has 7 heteroatoms. The predicted molar refractivity (Wildman–Crippen MR) is 129 cm³/mol. The van der Waals surface area contributed by atoms with E-state index in [4.69, 9.17) is 4.74 Å². The lowest BCUT2D eigenvalue weighted by Gasteiger charge is -2.29. The molecule has 0 spiro atoms. The van der Waals surface area contributed by atoms with Gasteiger partial charge in [0.25, 0.3) is 10.0 Å². The van der Waals surface area contributed by atoms with Crippen LogP contribution in [0.1, 0.15) is 35.6 Å². The topological polar surface area (TPSA) is 75.7 Å². The SMILES string of the molecule is COc1ccc2c(c1)CCCC2NC(=O)CN(c1ccccc1C)S(=O)(=O)c1ccccc1. The molecular weight excluding hydrogens is 436 g/mol. The molecule has 172 valence electrons. The fourth-order valence-corrected chi connectivity index (χ4v) is 5.81. The van der Waals surface area contributed by atoms with Gasteiger partial charge in [0.15, 0.2) is 0 Å². The highest BCUT2D eigenvalue weighted by Crippen LogP contribution is 2.32. The first-order chi connectivity index (χ1) is 15.9. The molecular formula is C26H28N2O4S. The van der Waals surface area contributed by atoms with Crippen LogP contribution in [0.5, 0.6) is 5.75 Å². The Morgan fingerprint density at radius 2 is 1.79 bits per heavy atom. The maximum Gasteiger partial charge on any atom is 0.264 e. The number of sulfonamides is 1. The van der Waals surface area contributed by atoms with Gasteiger partial charge < -0.3 is 10.1 Å². The van der Waals surface area contributed by atoms with Crippen molar-refractivity contribution in [3.05, 3.63) is 89.5 Å². The maximum atomic E-state index is 13.5. The van der Waals surface area contributed by atoms with Gasteiger partial charge in [0.2, 0.25) is 5.91 Å². The zero-order chi connectivity index (χ0) is 23.4. The summed E-state index contributed by atoms with van der Waals surface area (Å²) in [5, 5.41) is 3.07. The van der Waals surface area contributed by atoms with Crippen LogP contribution in [-0.4, -0.2) is 28.0 Å². The number of hydrogen-bond acceptors (Lipinski definition) is 4. The second-order valence-electron chi connectivity index (χ2n) is 8.19. The van der Waals surface area contributed by atoms with Crippen LogP contribution in [0.4, 0.5) is 5.69 Å². The maximum absolute atomic E-state index is 13.5. The van der Waals surface area contributed by atoms with Gasteiger partial charge in [-0.15, -0.1) is 0 Å². The molecule has 4 rings (SSSR count). The molecule has 1 N–H and O–H groups in total. The summed E-state index contributed by atoms with van der Waals surface area (Å²) in [6.45, 7) is 1.54. The van der Waals surface area contributed by atoms with Crippen molar-refractivity contribution in [3.8, 4) is 5.75 Å². The minimum atomic E-state index is -3.93. The van der Waals surface area contributed by atoms with E-state index in [1.807, 2.05) is 37.3 Å². The average Bonchev–Trinajstić information content (AvgIpc) is 2.83. The van der Waals surface area contributed by atoms with E-state index in [0.29, 0.717) is 5.69 Å². The molecule has 0 saturated heterocycles. The molecule has 0 bridgehead atoms. The number of anilines is 1. The lowest BCUT2D eigenvalue weighted by molar-refractivity contribution is -0.120. The summed E-state index contributed by atoms with van der Waals surface area (Å²) in [6.07, 6.45) is 2.67. The summed E-state index contributed by atoms with van der Waals surface area (Å²) in [4.78, 5) is 13.3. The van der Waals surface area contributed by atoms with Gasteiger partial charge in [0.1, 0.15) is 12.3 Å². The molecule has 1 aliphatic carbocycles. The highest BCUT2D eigenvalue weighted by atomic mass is 32.2. The number of aryl methyl sites for hydroxylation is 2. The lowest BCUT2D eigenvalue weighted by Crippen LogP contribution is -2.42. The van der Waals surface area contributed by atoms with Crippen molar-refractivity contribution in [1.29, 1.82) is 0 Å². The number of fused-ring (bicyclic) bond motifs is 1. The van der Waals surface area contributed by atoms with Crippen molar-refractivity contribution < 1.29 is 17.9 Å². The van der Waals surface area contributed by atoms with Gasteiger partial charge in [0, 0.05) is 0 Å². The van der Waals surface area contributed by atoms with Gasteiger partial charge in [-0.25, -0.2) is 8.42 Å². The Labute approximate surface area is 195 Å². The molecule has 0 radical (unpaired) electrons. The summed E-state index contributed by atoms with van der Waals surface area (Å²) < 4.78 is 33.6. The Morgan fingerprint density at radius 1 is 1.06 bits per heavy atom. The highest BCUT2D eigenvalue weighted by Gasteiger charge is 2.29. The van der Waals surface area contributed by atoms with Gasteiger partial charge in [-0.05, 0) is 73.2 Å². The summed E-state index contributed by atoms with van der Waals surface area (Å²) in [7, 11) is -2.29. The van der Waals surface area contributed by atoms with Crippen LogP contribution in [0.3, 0.4) is 0 Å². The largest absolute Gasteiger partial charge is 0.497 e. The number of carbonyl (C=O) groups excluding carboxylic acids is 1. The number of methoxy groups -OCH3 is 1. The second kappa shape index (κ2) is 9.67. The fourth-order valence-electron chi connectivity index (χ4n) is 4.30. The Balaban J connectivity index is 1.62. The van der Waals surface area contributed by atoms with Crippen molar-refractivity contribution in [2.75, 3.05) is 18.0 Å². The summed E-state index contributed by atoms with van der Waals surface area (Å²) >= 11 is 0. The minimum Gasteiger partial charge on any atom is -0.497 e. The molecule has 3 aromatic carbocycles. The van der Waals surface area contributed by atoms with Crippen molar-refractivity contribution in [1.82, 2.24) is 5.32 Å². The molecule has 1 unspecified atom stereocenters. The normalized spacial score (nSPS) is 15.4. The number of nitrogens with one attached hydrogen (secondary N) is 1. The number of nitrogens with zero attached hydrogens (tertiary/aromatic N) is 1. The van der Waals surface area contributed by atoms with Gasteiger partial charge >= 0.3 is 0 Å². The number of rotatable bonds is 7. The Bertz CT molecular complexity index is 1240. The quantitative estimate of drug-likeness (QED) is 0.563. The summed E-state index contributed by atoms with van der Waals surface area (Å²) in [5.74, 6) is 0.451. The zero-order valence-corrected chi connectivity index (χ0v) is 19.6. The van der Waals surface area contributed by atoms with Crippen molar-refractivity contribution in [2.45, 2.75) is 37.1 Å². The molecule has 1 atom stereocenters. The second-order valence-corrected chi connectivity index (χ2v) is 10.1. The molecule has 6 nitrogen and oxygen atoms in total.